The summed E-state index contributed by atoms with van der Waals surface area (Å²) >= 11 is 1.41. The van der Waals surface area contributed by atoms with Crippen LogP contribution in [0.5, 0.6) is 11.5 Å². The topological polar surface area (TPSA) is 92.3 Å². The van der Waals surface area contributed by atoms with Crippen molar-refractivity contribution in [2.75, 3.05) is 59.4 Å². The molecule has 1 aliphatic heterocycles. The third-order valence-electron chi connectivity index (χ3n) is 5.38. The standard InChI is InChI=1S/C23H28N4O5S2/c1-25(2)10-5-11-27(22(28)16-6-8-17(9-7-16)34(29,30)26(3)4)23-24-18-14-19-20(15-21(18)33-23)32-13-12-31-19/h6-9,14-15H,5,10-13H2,1-4H3. The zero-order chi connectivity index (χ0) is 24.5. The quantitative estimate of drug-likeness (QED) is 0.466. The Kier molecular flexibility index (Phi) is 7.08. The minimum absolute atomic E-state index is 0.138. The van der Waals surface area contributed by atoms with Crippen molar-refractivity contribution < 1.29 is 22.7 Å². The number of nitrogens with zero attached hydrogens (tertiary/aromatic N) is 4. The van der Waals surface area contributed by atoms with Crippen molar-refractivity contribution in [1.82, 2.24) is 14.2 Å². The van der Waals surface area contributed by atoms with Gasteiger partial charge in [-0.2, -0.15) is 0 Å². The number of sulfonamides is 1. The number of carbonyl (C=O) groups is 1. The molecule has 0 atom stereocenters. The fourth-order valence-electron chi connectivity index (χ4n) is 3.53. The van der Waals surface area contributed by atoms with E-state index < -0.39 is 10.0 Å². The van der Waals surface area contributed by atoms with E-state index in [0.717, 1.165) is 27.5 Å². The first-order chi connectivity index (χ1) is 16.2. The van der Waals surface area contributed by atoms with Gasteiger partial charge in [0.2, 0.25) is 10.0 Å². The van der Waals surface area contributed by atoms with Gasteiger partial charge in [0.25, 0.3) is 5.91 Å². The van der Waals surface area contributed by atoms with Crippen LogP contribution in [-0.2, 0) is 10.0 Å². The highest BCUT2D eigenvalue weighted by atomic mass is 32.2. The molecular formula is C23H28N4O5S2. The molecule has 0 aliphatic carbocycles. The van der Waals surface area contributed by atoms with Gasteiger partial charge in [0, 0.05) is 38.3 Å². The van der Waals surface area contributed by atoms with E-state index in [2.05, 4.69) is 4.90 Å². The molecule has 2 heterocycles. The molecule has 0 N–H and O–H groups in total. The van der Waals surface area contributed by atoms with Gasteiger partial charge in [-0.15, -0.1) is 0 Å². The number of amides is 1. The number of thiazole rings is 1. The predicted molar refractivity (Wildman–Crippen MR) is 133 cm³/mol. The van der Waals surface area contributed by atoms with Gasteiger partial charge in [-0.1, -0.05) is 11.3 Å². The average molecular weight is 505 g/mol. The number of rotatable bonds is 8. The molecule has 0 fully saturated rings. The first kappa shape index (κ1) is 24.4. The van der Waals surface area contributed by atoms with Crippen molar-refractivity contribution in [3.8, 4) is 11.5 Å². The Morgan fingerprint density at radius 1 is 1.00 bits per heavy atom. The molecule has 11 heteroatoms. The van der Waals surface area contributed by atoms with Crippen LogP contribution in [-0.4, -0.2) is 83.0 Å². The summed E-state index contributed by atoms with van der Waals surface area (Å²) in [6.45, 7) is 2.27. The minimum Gasteiger partial charge on any atom is -0.486 e. The van der Waals surface area contributed by atoms with E-state index in [4.69, 9.17) is 14.5 Å². The van der Waals surface area contributed by atoms with E-state index in [-0.39, 0.29) is 10.8 Å². The Morgan fingerprint density at radius 2 is 1.65 bits per heavy atom. The van der Waals surface area contributed by atoms with Gasteiger partial charge in [-0.05, 0) is 51.3 Å². The summed E-state index contributed by atoms with van der Waals surface area (Å²) in [5.74, 6) is 1.10. The Labute approximate surface area is 203 Å². The van der Waals surface area contributed by atoms with Crippen molar-refractivity contribution in [3.05, 3.63) is 42.0 Å². The van der Waals surface area contributed by atoms with Crippen molar-refractivity contribution in [2.45, 2.75) is 11.3 Å². The van der Waals surface area contributed by atoms with Gasteiger partial charge in [-0.3, -0.25) is 9.69 Å². The van der Waals surface area contributed by atoms with E-state index in [1.807, 2.05) is 26.2 Å². The smallest absolute Gasteiger partial charge is 0.260 e. The van der Waals surface area contributed by atoms with Crippen LogP contribution < -0.4 is 14.4 Å². The molecule has 3 aromatic rings. The number of anilines is 1. The molecule has 2 aromatic carbocycles. The Balaban J connectivity index is 1.66. The molecule has 0 saturated carbocycles. The predicted octanol–water partition coefficient (Wildman–Crippen LogP) is 2.92. The van der Waals surface area contributed by atoms with Crippen LogP contribution in [0.1, 0.15) is 16.8 Å². The van der Waals surface area contributed by atoms with Gasteiger partial charge < -0.3 is 14.4 Å². The van der Waals surface area contributed by atoms with E-state index in [0.29, 0.717) is 42.0 Å². The molecule has 182 valence electrons. The summed E-state index contributed by atoms with van der Waals surface area (Å²) in [6.07, 6.45) is 0.754. The lowest BCUT2D eigenvalue weighted by molar-refractivity contribution is 0.0986. The molecule has 9 nitrogen and oxygen atoms in total. The van der Waals surface area contributed by atoms with Crippen molar-refractivity contribution in [2.24, 2.45) is 0 Å². The second-order valence-corrected chi connectivity index (χ2v) is 11.5. The summed E-state index contributed by atoms with van der Waals surface area (Å²) < 4.78 is 38.1. The van der Waals surface area contributed by atoms with Gasteiger partial charge in [0.05, 0.1) is 15.1 Å². The molecule has 0 spiro atoms. The lowest BCUT2D eigenvalue weighted by Gasteiger charge is -2.21. The molecular weight excluding hydrogens is 476 g/mol. The summed E-state index contributed by atoms with van der Waals surface area (Å²) in [5.41, 5.74) is 1.13. The summed E-state index contributed by atoms with van der Waals surface area (Å²) in [5, 5.41) is 0.575. The number of fused-ring (bicyclic) bond motifs is 2. The SMILES string of the molecule is CN(C)CCCN(C(=O)c1ccc(S(=O)(=O)N(C)C)cc1)c1nc2cc3c(cc2s1)OCCO3. The van der Waals surface area contributed by atoms with Crippen LogP contribution in [0.4, 0.5) is 5.13 Å². The maximum Gasteiger partial charge on any atom is 0.260 e. The first-order valence-electron chi connectivity index (χ1n) is 10.9. The molecule has 4 rings (SSSR count). The highest BCUT2D eigenvalue weighted by Crippen LogP contribution is 2.39. The molecule has 1 aliphatic rings. The van der Waals surface area contributed by atoms with Crippen LogP contribution in [0.2, 0.25) is 0 Å². The van der Waals surface area contributed by atoms with Crippen LogP contribution >= 0.6 is 11.3 Å². The number of hydrogen-bond donors (Lipinski definition) is 0. The van der Waals surface area contributed by atoms with Crippen LogP contribution in [0.25, 0.3) is 10.2 Å². The molecule has 0 saturated heterocycles. The molecule has 34 heavy (non-hydrogen) atoms. The van der Waals surface area contributed by atoms with Gasteiger partial charge in [0.1, 0.15) is 13.2 Å². The van der Waals surface area contributed by atoms with E-state index in [1.165, 1.54) is 37.6 Å². The van der Waals surface area contributed by atoms with Crippen LogP contribution in [0, 0.1) is 0 Å². The van der Waals surface area contributed by atoms with Gasteiger partial charge >= 0.3 is 0 Å². The van der Waals surface area contributed by atoms with E-state index in [9.17, 15) is 13.2 Å². The Hall–Kier alpha value is -2.73. The molecule has 1 aromatic heterocycles. The molecule has 0 bridgehead atoms. The third-order valence-corrected chi connectivity index (χ3v) is 8.25. The monoisotopic (exact) mass is 504 g/mol. The van der Waals surface area contributed by atoms with Crippen molar-refractivity contribution in [1.29, 1.82) is 0 Å². The number of carbonyl (C=O) groups excluding carboxylic acids is 1. The highest BCUT2D eigenvalue weighted by Gasteiger charge is 2.24. The van der Waals surface area contributed by atoms with Crippen molar-refractivity contribution in [3.63, 3.8) is 0 Å². The maximum absolute atomic E-state index is 13.5. The maximum atomic E-state index is 13.5. The minimum atomic E-state index is -3.57. The zero-order valence-electron chi connectivity index (χ0n) is 19.6. The lowest BCUT2D eigenvalue weighted by atomic mass is 10.2. The zero-order valence-corrected chi connectivity index (χ0v) is 21.3. The van der Waals surface area contributed by atoms with E-state index in [1.54, 1.807) is 17.0 Å². The van der Waals surface area contributed by atoms with Crippen LogP contribution in [0.3, 0.4) is 0 Å². The first-order valence-corrected chi connectivity index (χ1v) is 13.1. The molecule has 0 radical (unpaired) electrons. The van der Waals surface area contributed by atoms with Gasteiger partial charge in [-0.25, -0.2) is 17.7 Å². The molecule has 0 unspecified atom stereocenters. The number of hydrogen-bond acceptors (Lipinski definition) is 8. The fraction of sp³-hybridized carbons (Fsp3) is 0.391. The second-order valence-electron chi connectivity index (χ2n) is 8.39. The number of aromatic nitrogens is 1. The number of ether oxygens (including phenoxy) is 2. The average Bonchev–Trinajstić information content (AvgIpc) is 3.22. The summed E-state index contributed by atoms with van der Waals surface area (Å²) in [4.78, 5) is 22.1. The summed E-state index contributed by atoms with van der Waals surface area (Å²) in [6, 6.07) is 9.75. The Bertz CT molecular complexity index is 1240. The highest BCUT2D eigenvalue weighted by molar-refractivity contribution is 7.89. The van der Waals surface area contributed by atoms with Gasteiger partial charge in [0.15, 0.2) is 16.6 Å². The summed E-state index contributed by atoms with van der Waals surface area (Å²) in [7, 11) is 3.35. The normalized spacial score (nSPS) is 13.6. The Morgan fingerprint density at radius 3 is 2.26 bits per heavy atom. The van der Waals surface area contributed by atoms with Crippen molar-refractivity contribution >= 4 is 42.6 Å². The fourth-order valence-corrected chi connectivity index (χ4v) is 5.44. The largest absolute Gasteiger partial charge is 0.486 e. The van der Waals surface area contributed by atoms with Crippen LogP contribution in [0.15, 0.2) is 41.3 Å². The molecule has 1 amide bonds. The number of benzene rings is 2. The van der Waals surface area contributed by atoms with E-state index >= 15 is 0 Å². The lowest BCUT2D eigenvalue weighted by Crippen LogP contribution is -2.33. The third kappa shape index (κ3) is 5.02. The second kappa shape index (κ2) is 9.87.